The Morgan fingerprint density at radius 1 is 1.00 bits per heavy atom. The van der Waals surface area contributed by atoms with E-state index in [0.29, 0.717) is 11.1 Å². The summed E-state index contributed by atoms with van der Waals surface area (Å²) in [6, 6.07) is 7.75. The van der Waals surface area contributed by atoms with Crippen molar-refractivity contribution in [3.8, 4) is 22.6 Å². The van der Waals surface area contributed by atoms with Gasteiger partial charge in [0.05, 0.1) is 0 Å². The summed E-state index contributed by atoms with van der Waals surface area (Å²) in [5.41, 5.74) is 0.752. The molecule has 0 aliphatic heterocycles. The predicted molar refractivity (Wildman–Crippen MR) is 83.6 cm³/mol. The lowest BCUT2D eigenvalue weighted by Gasteiger charge is -2.08. The third kappa shape index (κ3) is 4.04. The third-order valence-electron chi connectivity index (χ3n) is 3.09. The molecule has 0 aliphatic rings. The minimum absolute atomic E-state index is 0.122. The summed E-state index contributed by atoms with van der Waals surface area (Å²) in [5, 5.41) is 0. The Balaban J connectivity index is 2.27. The molecule has 4 nitrogen and oxygen atoms in total. The molecule has 0 unspecified atom stereocenters. The zero-order valence-electron chi connectivity index (χ0n) is 12.8. The minimum atomic E-state index is -0.783. The topological polar surface area (TPSA) is 52.6 Å². The molecule has 0 aliphatic carbocycles. The Morgan fingerprint density at radius 3 is 1.92 bits per heavy atom. The van der Waals surface area contributed by atoms with Crippen LogP contribution in [0.4, 0.5) is 8.78 Å². The van der Waals surface area contributed by atoms with Gasteiger partial charge in [0.2, 0.25) is 0 Å². The lowest BCUT2D eigenvalue weighted by atomic mass is 10.0. The molecule has 0 N–H and O–H groups in total. The lowest BCUT2D eigenvalue weighted by molar-refractivity contribution is -0.134. The molecule has 2 rings (SSSR count). The van der Waals surface area contributed by atoms with Gasteiger partial charge < -0.3 is 9.47 Å². The fourth-order valence-corrected chi connectivity index (χ4v) is 1.87. The molecule has 0 saturated carbocycles. The smallest absolute Gasteiger partial charge is 0.335 e. The maximum Gasteiger partial charge on any atom is 0.335 e. The van der Waals surface area contributed by atoms with Crippen molar-refractivity contribution in [1.29, 1.82) is 0 Å². The maximum atomic E-state index is 14.0. The fourth-order valence-electron chi connectivity index (χ4n) is 1.87. The Labute approximate surface area is 137 Å². The second-order valence-electron chi connectivity index (χ2n) is 4.74. The summed E-state index contributed by atoms with van der Waals surface area (Å²) >= 11 is 0. The zero-order chi connectivity index (χ0) is 17.7. The highest BCUT2D eigenvalue weighted by Crippen LogP contribution is 2.29. The van der Waals surface area contributed by atoms with Gasteiger partial charge in [-0.1, -0.05) is 25.6 Å². The van der Waals surface area contributed by atoms with Gasteiger partial charge in [-0.05, 0) is 35.4 Å². The van der Waals surface area contributed by atoms with Crippen molar-refractivity contribution in [1.82, 2.24) is 0 Å². The number of benzene rings is 2. The highest BCUT2D eigenvalue weighted by atomic mass is 19.1. The van der Waals surface area contributed by atoms with Crippen LogP contribution in [0.5, 0.6) is 11.5 Å². The van der Waals surface area contributed by atoms with Crippen LogP contribution in [-0.2, 0) is 9.59 Å². The molecule has 2 aromatic carbocycles. The first-order chi connectivity index (χ1) is 11.4. The fraction of sp³-hybridized carbons (Fsp3) is 0.111. The molecule has 0 spiro atoms. The highest BCUT2D eigenvalue weighted by Gasteiger charge is 2.12. The van der Waals surface area contributed by atoms with E-state index >= 15 is 0 Å². The first-order valence-electron chi connectivity index (χ1n) is 7.09. The van der Waals surface area contributed by atoms with Gasteiger partial charge in [0.15, 0.2) is 23.1 Å². The van der Waals surface area contributed by atoms with Crippen LogP contribution in [0.1, 0.15) is 13.3 Å². The molecule has 24 heavy (non-hydrogen) atoms. The average molecular weight is 332 g/mol. The van der Waals surface area contributed by atoms with Crippen LogP contribution >= 0.6 is 0 Å². The van der Waals surface area contributed by atoms with Gasteiger partial charge in [-0.2, -0.15) is 0 Å². The number of hydrogen-bond donors (Lipinski definition) is 0. The van der Waals surface area contributed by atoms with E-state index in [1.807, 2.05) is 0 Å². The van der Waals surface area contributed by atoms with Crippen LogP contribution in [0.2, 0.25) is 0 Å². The summed E-state index contributed by atoms with van der Waals surface area (Å²) in [6.07, 6.45) is 1.04. The lowest BCUT2D eigenvalue weighted by Crippen LogP contribution is -2.06. The van der Waals surface area contributed by atoms with Gasteiger partial charge in [0, 0.05) is 12.5 Å². The number of esters is 2. The van der Waals surface area contributed by atoms with E-state index in [1.165, 1.54) is 24.3 Å². The average Bonchev–Trinajstić information content (AvgIpc) is 2.58. The summed E-state index contributed by atoms with van der Waals surface area (Å²) in [4.78, 5) is 22.3. The molecule has 0 bridgehead atoms. The van der Waals surface area contributed by atoms with Crippen LogP contribution < -0.4 is 9.47 Å². The summed E-state index contributed by atoms with van der Waals surface area (Å²) in [5.74, 6) is -3.29. The van der Waals surface area contributed by atoms with E-state index in [4.69, 9.17) is 9.47 Å². The zero-order valence-corrected chi connectivity index (χ0v) is 12.8. The molecular weight excluding hydrogens is 318 g/mol. The van der Waals surface area contributed by atoms with E-state index < -0.39 is 23.6 Å². The Bertz CT molecular complexity index is 800. The van der Waals surface area contributed by atoms with Crippen molar-refractivity contribution in [3.63, 3.8) is 0 Å². The van der Waals surface area contributed by atoms with E-state index in [-0.39, 0.29) is 17.9 Å². The Hall–Kier alpha value is -3.02. The van der Waals surface area contributed by atoms with Gasteiger partial charge in [0.25, 0.3) is 0 Å². The van der Waals surface area contributed by atoms with Crippen molar-refractivity contribution in [2.24, 2.45) is 0 Å². The van der Waals surface area contributed by atoms with Crippen molar-refractivity contribution in [2.75, 3.05) is 0 Å². The van der Waals surface area contributed by atoms with Crippen LogP contribution in [0.15, 0.2) is 49.1 Å². The molecule has 6 heteroatoms. The summed E-state index contributed by atoms with van der Waals surface area (Å²) in [6.45, 7) is 4.82. The standard InChI is InChI=1S/C18H14F2O4/c1-3-17(21)23-15-7-5-11(9-13(15)19)12-6-8-16(14(20)10-12)24-18(22)4-2/h3,5-10H,1,4H2,2H3. The van der Waals surface area contributed by atoms with Crippen molar-refractivity contribution >= 4 is 11.9 Å². The van der Waals surface area contributed by atoms with E-state index in [0.717, 1.165) is 18.2 Å². The van der Waals surface area contributed by atoms with Crippen molar-refractivity contribution in [2.45, 2.75) is 13.3 Å². The molecule has 2 aromatic rings. The van der Waals surface area contributed by atoms with Gasteiger partial charge in [0.1, 0.15) is 0 Å². The number of ether oxygens (including phenoxy) is 2. The summed E-state index contributed by atoms with van der Waals surface area (Å²) in [7, 11) is 0. The Morgan fingerprint density at radius 2 is 1.50 bits per heavy atom. The Kier molecular flexibility index (Phi) is 5.42. The number of halogens is 2. The van der Waals surface area contributed by atoms with Gasteiger partial charge in [-0.3, -0.25) is 4.79 Å². The quantitative estimate of drug-likeness (QED) is 0.471. The second-order valence-corrected chi connectivity index (χ2v) is 4.74. The molecule has 0 heterocycles. The third-order valence-corrected chi connectivity index (χ3v) is 3.09. The molecule has 0 aromatic heterocycles. The highest BCUT2D eigenvalue weighted by molar-refractivity contribution is 5.83. The van der Waals surface area contributed by atoms with Crippen LogP contribution in [-0.4, -0.2) is 11.9 Å². The van der Waals surface area contributed by atoms with Crippen LogP contribution in [0.3, 0.4) is 0 Å². The first-order valence-corrected chi connectivity index (χ1v) is 7.09. The predicted octanol–water partition coefficient (Wildman–Crippen LogP) is 4.04. The normalized spacial score (nSPS) is 10.1. The largest absolute Gasteiger partial charge is 0.423 e. The molecule has 0 fully saturated rings. The minimum Gasteiger partial charge on any atom is -0.423 e. The number of carbonyl (C=O) groups excluding carboxylic acids is 2. The molecule has 0 saturated heterocycles. The van der Waals surface area contributed by atoms with Crippen LogP contribution in [0, 0.1) is 11.6 Å². The van der Waals surface area contributed by atoms with Crippen LogP contribution in [0.25, 0.3) is 11.1 Å². The maximum absolute atomic E-state index is 14.0. The van der Waals surface area contributed by atoms with E-state index in [1.54, 1.807) is 6.92 Å². The van der Waals surface area contributed by atoms with Gasteiger partial charge >= 0.3 is 11.9 Å². The second kappa shape index (κ2) is 7.50. The number of carbonyl (C=O) groups is 2. The van der Waals surface area contributed by atoms with E-state index in [2.05, 4.69) is 6.58 Å². The number of rotatable bonds is 5. The van der Waals surface area contributed by atoms with Gasteiger partial charge in [-0.25, -0.2) is 13.6 Å². The van der Waals surface area contributed by atoms with Crippen molar-refractivity contribution in [3.05, 3.63) is 60.7 Å². The molecule has 0 amide bonds. The molecule has 124 valence electrons. The first kappa shape index (κ1) is 17.3. The van der Waals surface area contributed by atoms with E-state index in [9.17, 15) is 18.4 Å². The summed E-state index contributed by atoms with van der Waals surface area (Å²) < 4.78 is 37.5. The molecular formula is C18H14F2O4. The van der Waals surface area contributed by atoms with Gasteiger partial charge in [-0.15, -0.1) is 0 Å². The van der Waals surface area contributed by atoms with Crippen molar-refractivity contribution < 1.29 is 27.8 Å². The molecule has 0 atom stereocenters. The molecule has 0 radical (unpaired) electrons. The SMILES string of the molecule is C=CC(=O)Oc1ccc(-c2ccc(OC(=O)CC)c(F)c2)cc1F. The number of hydrogen-bond acceptors (Lipinski definition) is 4. The monoisotopic (exact) mass is 332 g/mol.